The molecule has 0 bridgehead atoms. The van der Waals surface area contributed by atoms with Crippen molar-refractivity contribution in [2.75, 3.05) is 20.0 Å². The van der Waals surface area contributed by atoms with Gasteiger partial charge in [-0.25, -0.2) is 4.57 Å². The zero-order valence-corrected chi connectivity index (χ0v) is 20.2. The van der Waals surface area contributed by atoms with Crippen LogP contribution in [0, 0.1) is 6.92 Å². The molecule has 0 aliphatic rings. The number of thioether (sulfide) groups is 1. The lowest BCUT2D eigenvalue weighted by molar-refractivity contribution is 0.102. The molecule has 0 N–H and O–H groups in total. The Morgan fingerprint density at radius 2 is 1.74 bits per heavy atom. The van der Waals surface area contributed by atoms with Gasteiger partial charge < -0.3 is 9.47 Å². The number of benzene rings is 3. The van der Waals surface area contributed by atoms with E-state index >= 15 is 0 Å². The number of hydrogen-bond acceptors (Lipinski definition) is 7. The Morgan fingerprint density at radius 3 is 2.51 bits per heavy atom. The Kier molecular flexibility index (Phi) is 6.00. The molecule has 5 aromatic rings. The normalized spacial score (nSPS) is 11.2. The second-order valence-electron chi connectivity index (χ2n) is 7.90. The zero-order valence-electron chi connectivity index (χ0n) is 19.4. The molecule has 2 heterocycles. The number of para-hydroxylation sites is 1. The summed E-state index contributed by atoms with van der Waals surface area (Å²) in [6.45, 7) is 1.97. The second-order valence-corrected chi connectivity index (χ2v) is 8.84. The quantitative estimate of drug-likeness (QED) is 0.250. The molecular formula is C26H22N4O4S. The van der Waals surface area contributed by atoms with Gasteiger partial charge in [-0.3, -0.25) is 14.0 Å². The summed E-state index contributed by atoms with van der Waals surface area (Å²) in [5.41, 5.74) is 2.74. The van der Waals surface area contributed by atoms with Crippen LogP contribution in [-0.2, 0) is 0 Å². The largest absolute Gasteiger partial charge is 0.493 e. The number of aromatic nitrogens is 4. The highest BCUT2D eigenvalue weighted by Gasteiger charge is 2.19. The minimum Gasteiger partial charge on any atom is -0.493 e. The first-order chi connectivity index (χ1) is 17.0. The third kappa shape index (κ3) is 4.04. The first kappa shape index (κ1) is 22.7. The van der Waals surface area contributed by atoms with E-state index in [0.717, 1.165) is 5.56 Å². The molecule has 8 nitrogen and oxygen atoms in total. The van der Waals surface area contributed by atoms with Crippen LogP contribution >= 0.6 is 11.8 Å². The first-order valence-corrected chi connectivity index (χ1v) is 11.8. The van der Waals surface area contributed by atoms with Crippen molar-refractivity contribution in [3.63, 3.8) is 0 Å². The number of nitrogens with zero attached hydrogens (tertiary/aromatic N) is 4. The summed E-state index contributed by atoms with van der Waals surface area (Å²) in [5, 5.41) is 9.74. The fourth-order valence-corrected chi connectivity index (χ4v) is 4.83. The Morgan fingerprint density at radius 1 is 0.943 bits per heavy atom. The molecule has 9 heteroatoms. The summed E-state index contributed by atoms with van der Waals surface area (Å²) in [5.74, 6) is 1.48. The number of ether oxygens (including phenoxy) is 2. The van der Waals surface area contributed by atoms with Gasteiger partial charge in [0.25, 0.3) is 5.56 Å². The standard InChI is InChI=1S/C26H22N4O4S/c1-16-7-6-8-18(13-16)29-24(32)19-9-4-5-10-20(19)30-25(29)27-28-26(30)35-15-21(31)17-11-12-22(33-2)23(14-17)34-3/h4-14H,15H2,1-3H3. The average molecular weight is 487 g/mol. The van der Waals surface area contributed by atoms with E-state index in [0.29, 0.717) is 44.6 Å². The van der Waals surface area contributed by atoms with Gasteiger partial charge in [-0.05, 0) is 55.0 Å². The van der Waals surface area contributed by atoms with Crippen LogP contribution in [0.2, 0.25) is 0 Å². The topological polar surface area (TPSA) is 87.7 Å². The molecule has 0 aliphatic carbocycles. The number of methoxy groups -OCH3 is 2. The van der Waals surface area contributed by atoms with Crippen molar-refractivity contribution in [2.24, 2.45) is 0 Å². The van der Waals surface area contributed by atoms with Crippen molar-refractivity contribution in [2.45, 2.75) is 12.1 Å². The van der Waals surface area contributed by atoms with Crippen LogP contribution in [0.15, 0.2) is 76.7 Å². The number of rotatable bonds is 7. The molecule has 0 saturated heterocycles. The van der Waals surface area contributed by atoms with E-state index < -0.39 is 0 Å². The van der Waals surface area contributed by atoms with Crippen molar-refractivity contribution >= 4 is 34.2 Å². The fraction of sp³-hybridized carbons (Fsp3) is 0.154. The summed E-state index contributed by atoms with van der Waals surface area (Å²) in [6.07, 6.45) is 0. The molecule has 0 radical (unpaired) electrons. The Hall–Kier alpha value is -4.11. The maximum absolute atomic E-state index is 13.4. The first-order valence-electron chi connectivity index (χ1n) is 10.9. The lowest BCUT2D eigenvalue weighted by Gasteiger charge is -2.12. The molecule has 0 spiro atoms. The van der Waals surface area contributed by atoms with Gasteiger partial charge in [0.1, 0.15) is 0 Å². The summed E-state index contributed by atoms with van der Waals surface area (Å²) in [4.78, 5) is 26.4. The van der Waals surface area contributed by atoms with Crippen LogP contribution in [0.5, 0.6) is 11.5 Å². The molecule has 35 heavy (non-hydrogen) atoms. The van der Waals surface area contributed by atoms with E-state index in [-0.39, 0.29) is 17.1 Å². The number of carbonyl (C=O) groups excluding carboxylic acids is 1. The van der Waals surface area contributed by atoms with Crippen LogP contribution in [0.4, 0.5) is 0 Å². The van der Waals surface area contributed by atoms with Gasteiger partial charge in [-0.1, -0.05) is 36.0 Å². The maximum atomic E-state index is 13.4. The molecule has 2 aromatic heterocycles. The number of Topliss-reactive ketones (excluding diaryl/α,β-unsaturated/α-hetero) is 1. The van der Waals surface area contributed by atoms with Crippen LogP contribution in [0.1, 0.15) is 15.9 Å². The Labute approximate surface area is 205 Å². The van der Waals surface area contributed by atoms with Gasteiger partial charge in [-0.2, -0.15) is 0 Å². The molecular weight excluding hydrogens is 464 g/mol. The molecule has 5 rings (SSSR count). The second kappa shape index (κ2) is 9.27. The van der Waals surface area contributed by atoms with E-state index in [2.05, 4.69) is 10.2 Å². The number of fused-ring (bicyclic) bond motifs is 3. The number of hydrogen-bond donors (Lipinski definition) is 0. The average Bonchev–Trinajstić information content (AvgIpc) is 3.30. The SMILES string of the molecule is COc1ccc(C(=O)CSc2nnc3n(-c4cccc(C)c4)c(=O)c4ccccc4n23)cc1OC. The van der Waals surface area contributed by atoms with E-state index in [4.69, 9.17) is 9.47 Å². The summed E-state index contributed by atoms with van der Waals surface area (Å²) in [7, 11) is 3.08. The van der Waals surface area contributed by atoms with E-state index in [1.54, 1.807) is 35.9 Å². The number of ketones is 1. The van der Waals surface area contributed by atoms with Gasteiger partial charge in [0.15, 0.2) is 22.4 Å². The van der Waals surface area contributed by atoms with Crippen LogP contribution in [0.3, 0.4) is 0 Å². The minimum atomic E-state index is -0.177. The van der Waals surface area contributed by atoms with Crippen LogP contribution in [0.25, 0.3) is 22.4 Å². The summed E-state index contributed by atoms with van der Waals surface area (Å²) in [6, 6.07) is 20.1. The summed E-state index contributed by atoms with van der Waals surface area (Å²) >= 11 is 1.26. The number of aryl methyl sites for hydroxylation is 1. The lowest BCUT2D eigenvalue weighted by Crippen LogP contribution is -2.22. The van der Waals surface area contributed by atoms with Gasteiger partial charge in [0.05, 0.1) is 36.6 Å². The van der Waals surface area contributed by atoms with E-state index in [1.165, 1.54) is 18.9 Å². The summed E-state index contributed by atoms with van der Waals surface area (Å²) < 4.78 is 14.0. The highest BCUT2D eigenvalue weighted by atomic mass is 32.2. The molecule has 0 saturated carbocycles. The van der Waals surface area contributed by atoms with Crippen LogP contribution in [-0.4, -0.2) is 44.9 Å². The van der Waals surface area contributed by atoms with Gasteiger partial charge in [-0.15, -0.1) is 10.2 Å². The van der Waals surface area contributed by atoms with Gasteiger partial charge >= 0.3 is 0 Å². The maximum Gasteiger partial charge on any atom is 0.267 e. The van der Waals surface area contributed by atoms with E-state index in [9.17, 15) is 9.59 Å². The Balaban J connectivity index is 1.57. The van der Waals surface area contributed by atoms with Gasteiger partial charge in [0, 0.05) is 5.56 Å². The third-order valence-corrected chi connectivity index (χ3v) is 6.62. The van der Waals surface area contributed by atoms with Crippen molar-refractivity contribution < 1.29 is 14.3 Å². The number of carbonyl (C=O) groups is 1. The molecule has 0 unspecified atom stereocenters. The van der Waals surface area contributed by atoms with Crippen LogP contribution < -0.4 is 15.0 Å². The molecule has 0 aliphatic heterocycles. The predicted octanol–water partition coefficient (Wildman–Crippen LogP) is 4.33. The third-order valence-electron chi connectivity index (χ3n) is 5.69. The monoisotopic (exact) mass is 486 g/mol. The van der Waals surface area contributed by atoms with Crippen molar-refractivity contribution in [1.82, 2.24) is 19.2 Å². The molecule has 0 amide bonds. The smallest absolute Gasteiger partial charge is 0.267 e. The minimum absolute atomic E-state index is 0.0935. The molecule has 176 valence electrons. The van der Waals surface area contributed by atoms with Gasteiger partial charge in [0.2, 0.25) is 5.78 Å². The molecule has 0 fully saturated rings. The van der Waals surface area contributed by atoms with Crippen molar-refractivity contribution in [1.29, 1.82) is 0 Å². The van der Waals surface area contributed by atoms with Crippen molar-refractivity contribution in [3.05, 3.63) is 88.2 Å². The zero-order chi connectivity index (χ0) is 24.5. The highest BCUT2D eigenvalue weighted by Crippen LogP contribution is 2.29. The van der Waals surface area contributed by atoms with Crippen molar-refractivity contribution in [3.8, 4) is 17.2 Å². The molecule has 3 aromatic carbocycles. The lowest BCUT2D eigenvalue weighted by atomic mass is 10.1. The highest BCUT2D eigenvalue weighted by molar-refractivity contribution is 7.99. The molecule has 0 atom stereocenters. The fourth-order valence-electron chi connectivity index (χ4n) is 4.00. The predicted molar refractivity (Wildman–Crippen MR) is 135 cm³/mol. The Bertz CT molecular complexity index is 1640. The van der Waals surface area contributed by atoms with E-state index in [1.807, 2.05) is 53.8 Å².